The minimum atomic E-state index is -0.729. The molecule has 0 fully saturated rings. The highest BCUT2D eigenvalue weighted by atomic mass is 16.5. The normalized spacial score (nSPS) is 11.3. The molecule has 3 rings (SSSR count). The number of benzene rings is 2. The van der Waals surface area contributed by atoms with Crippen LogP contribution in [-0.2, 0) is 17.8 Å². The second kappa shape index (κ2) is 13.1. The van der Waals surface area contributed by atoms with E-state index in [0.29, 0.717) is 29.5 Å². The highest BCUT2D eigenvalue weighted by Crippen LogP contribution is 2.40. The number of nitrogens with one attached hydrogen (secondary N) is 1. The average molecular weight is 525 g/mol. The maximum atomic E-state index is 12.1. The van der Waals surface area contributed by atoms with E-state index >= 15 is 0 Å². The molecule has 0 spiro atoms. The number of phenolic OH excluding ortho intramolecular Hbond substituents is 2. The molecular weight excluding hydrogens is 488 g/mol. The Balaban J connectivity index is 1.71. The van der Waals surface area contributed by atoms with Gasteiger partial charge in [-0.1, -0.05) is 49.7 Å². The third kappa shape index (κ3) is 7.33. The lowest BCUT2D eigenvalue weighted by molar-refractivity contribution is -0.129. The van der Waals surface area contributed by atoms with Crippen LogP contribution in [0.4, 0.5) is 0 Å². The number of primary amides is 1. The minimum Gasteiger partial charge on any atom is -0.508 e. The molecule has 1 heterocycles. The lowest BCUT2D eigenvalue weighted by Crippen LogP contribution is -2.20. The minimum absolute atomic E-state index is 0.00106. The van der Waals surface area contributed by atoms with Crippen molar-refractivity contribution in [3.8, 4) is 22.8 Å². The number of rotatable bonds is 13. The molecule has 0 saturated heterocycles. The fourth-order valence-corrected chi connectivity index (χ4v) is 4.37. The number of nitrogens with zero attached hydrogens (tertiary/aromatic N) is 2. The first-order valence-electron chi connectivity index (χ1n) is 12.6. The Morgan fingerprint density at radius 3 is 2.37 bits per heavy atom. The SMILES string of the molecule is CC(C)c1cc(-c2onc(C(N)=O)c2Cc2ccc(CN(C)CCCCCC(=O)NO)cc2)c(O)cc1O. The lowest BCUT2D eigenvalue weighted by Gasteiger charge is -2.17. The summed E-state index contributed by atoms with van der Waals surface area (Å²) in [7, 11) is 2.03. The summed E-state index contributed by atoms with van der Waals surface area (Å²) >= 11 is 0. The summed E-state index contributed by atoms with van der Waals surface area (Å²) < 4.78 is 5.49. The van der Waals surface area contributed by atoms with Crippen molar-refractivity contribution < 1.29 is 29.5 Å². The molecule has 0 aliphatic heterocycles. The third-order valence-electron chi connectivity index (χ3n) is 6.46. The molecule has 204 valence electrons. The van der Waals surface area contributed by atoms with Crippen molar-refractivity contribution in [1.82, 2.24) is 15.5 Å². The van der Waals surface area contributed by atoms with E-state index in [9.17, 15) is 19.8 Å². The lowest BCUT2D eigenvalue weighted by atomic mass is 9.94. The zero-order chi connectivity index (χ0) is 27.8. The van der Waals surface area contributed by atoms with Gasteiger partial charge in [0.1, 0.15) is 11.5 Å². The van der Waals surface area contributed by atoms with Crippen molar-refractivity contribution in [2.45, 2.75) is 58.4 Å². The highest BCUT2D eigenvalue weighted by Gasteiger charge is 2.25. The Bertz CT molecular complexity index is 1250. The van der Waals surface area contributed by atoms with Gasteiger partial charge in [-0.15, -0.1) is 0 Å². The number of aromatic nitrogens is 1. The van der Waals surface area contributed by atoms with Crippen LogP contribution in [0.2, 0.25) is 0 Å². The second-order valence-corrected chi connectivity index (χ2v) is 9.86. The number of unbranched alkanes of at least 4 members (excludes halogenated alkanes) is 2. The van der Waals surface area contributed by atoms with Crippen LogP contribution >= 0.6 is 0 Å². The Morgan fingerprint density at radius 1 is 1.05 bits per heavy atom. The molecule has 2 amide bonds. The van der Waals surface area contributed by atoms with Crippen molar-refractivity contribution >= 4 is 11.8 Å². The van der Waals surface area contributed by atoms with Gasteiger partial charge < -0.3 is 25.4 Å². The zero-order valence-corrected chi connectivity index (χ0v) is 22.0. The van der Waals surface area contributed by atoms with Gasteiger partial charge in [-0.3, -0.25) is 14.8 Å². The summed E-state index contributed by atoms with van der Waals surface area (Å²) in [5.41, 5.74) is 10.7. The average Bonchev–Trinajstić information content (AvgIpc) is 3.28. The van der Waals surface area contributed by atoms with E-state index in [4.69, 9.17) is 15.5 Å². The van der Waals surface area contributed by atoms with Crippen LogP contribution < -0.4 is 11.2 Å². The van der Waals surface area contributed by atoms with Gasteiger partial charge in [-0.05, 0) is 55.1 Å². The Hall–Kier alpha value is -3.89. The van der Waals surface area contributed by atoms with Gasteiger partial charge in [-0.25, -0.2) is 5.48 Å². The molecular formula is C28H36N4O6. The first-order valence-corrected chi connectivity index (χ1v) is 12.6. The number of hydroxylamine groups is 1. The van der Waals surface area contributed by atoms with E-state index in [2.05, 4.69) is 10.1 Å². The maximum absolute atomic E-state index is 12.1. The summed E-state index contributed by atoms with van der Waals surface area (Å²) in [6.45, 7) is 5.47. The van der Waals surface area contributed by atoms with Gasteiger partial charge in [0.15, 0.2) is 11.5 Å². The summed E-state index contributed by atoms with van der Waals surface area (Å²) in [5.74, 6) is -1.07. The van der Waals surface area contributed by atoms with Gasteiger partial charge in [0, 0.05) is 31.0 Å². The summed E-state index contributed by atoms with van der Waals surface area (Å²) in [6.07, 6.45) is 3.20. The predicted octanol–water partition coefficient (Wildman–Crippen LogP) is 4.06. The van der Waals surface area contributed by atoms with Crippen LogP contribution in [0.5, 0.6) is 11.5 Å². The van der Waals surface area contributed by atoms with Crippen LogP contribution in [0.25, 0.3) is 11.3 Å². The smallest absolute Gasteiger partial charge is 0.271 e. The molecule has 1 aromatic heterocycles. The Morgan fingerprint density at radius 2 is 1.74 bits per heavy atom. The van der Waals surface area contributed by atoms with Crippen molar-refractivity contribution in [3.63, 3.8) is 0 Å². The van der Waals surface area contributed by atoms with E-state index in [1.165, 1.54) is 6.07 Å². The quantitative estimate of drug-likeness (QED) is 0.127. The predicted molar refractivity (Wildman–Crippen MR) is 142 cm³/mol. The number of amides is 2. The monoisotopic (exact) mass is 524 g/mol. The molecule has 0 radical (unpaired) electrons. The van der Waals surface area contributed by atoms with Gasteiger partial charge in [0.05, 0.1) is 5.56 Å². The number of carbonyl (C=O) groups excluding carboxylic acids is 2. The first-order chi connectivity index (χ1) is 18.1. The number of aromatic hydroxyl groups is 2. The Labute approximate surface area is 222 Å². The highest BCUT2D eigenvalue weighted by molar-refractivity contribution is 5.94. The van der Waals surface area contributed by atoms with Crippen molar-refractivity contribution in [2.24, 2.45) is 5.73 Å². The second-order valence-electron chi connectivity index (χ2n) is 9.86. The number of hydrogen-bond acceptors (Lipinski definition) is 8. The fourth-order valence-electron chi connectivity index (χ4n) is 4.37. The third-order valence-corrected chi connectivity index (χ3v) is 6.46. The number of phenols is 2. The van der Waals surface area contributed by atoms with Gasteiger partial charge in [0.25, 0.3) is 5.91 Å². The van der Waals surface area contributed by atoms with E-state index in [0.717, 1.165) is 43.5 Å². The first kappa shape index (κ1) is 28.7. The van der Waals surface area contributed by atoms with Gasteiger partial charge in [-0.2, -0.15) is 0 Å². The standard InChI is InChI=1S/C28H36N4O6/c1-17(2)20-14-21(24(34)15-23(20)33)27-22(26(28(29)36)31-38-27)13-18-8-10-19(11-9-18)16-32(3)12-6-4-5-7-25(35)30-37/h8-11,14-15,17,33-34,37H,4-7,12-13,16H2,1-3H3,(H2,29,36)(H,30,35). The largest absolute Gasteiger partial charge is 0.508 e. The molecule has 10 nitrogen and oxygen atoms in total. The van der Waals surface area contributed by atoms with Gasteiger partial charge in [0.2, 0.25) is 5.91 Å². The molecule has 3 aromatic rings. The molecule has 2 aromatic carbocycles. The molecule has 0 bridgehead atoms. The van der Waals surface area contributed by atoms with E-state index < -0.39 is 5.91 Å². The summed E-state index contributed by atoms with van der Waals surface area (Å²) in [4.78, 5) is 25.3. The maximum Gasteiger partial charge on any atom is 0.271 e. The van der Waals surface area contributed by atoms with E-state index in [1.54, 1.807) is 11.5 Å². The Kier molecular flexibility index (Phi) is 9.86. The molecule has 6 N–H and O–H groups in total. The number of nitrogens with two attached hydrogens (primary N) is 1. The van der Waals surface area contributed by atoms with E-state index in [1.807, 2.05) is 45.2 Å². The van der Waals surface area contributed by atoms with Crippen molar-refractivity contribution in [2.75, 3.05) is 13.6 Å². The topological polar surface area (TPSA) is 162 Å². The molecule has 0 atom stereocenters. The number of carbonyl (C=O) groups is 2. The van der Waals surface area contributed by atoms with Crippen LogP contribution in [-0.4, -0.2) is 50.9 Å². The molecule has 38 heavy (non-hydrogen) atoms. The van der Waals surface area contributed by atoms with Crippen LogP contribution in [0.3, 0.4) is 0 Å². The fraction of sp³-hybridized carbons (Fsp3) is 0.393. The zero-order valence-electron chi connectivity index (χ0n) is 22.0. The van der Waals surface area contributed by atoms with Crippen molar-refractivity contribution in [3.05, 3.63) is 64.3 Å². The summed E-state index contributed by atoms with van der Waals surface area (Å²) in [5, 5.41) is 33.2. The molecule has 0 unspecified atom stereocenters. The van der Waals surface area contributed by atoms with Crippen LogP contribution in [0, 0.1) is 0 Å². The van der Waals surface area contributed by atoms with Crippen LogP contribution in [0.1, 0.15) is 78.2 Å². The van der Waals surface area contributed by atoms with Crippen LogP contribution in [0.15, 0.2) is 40.9 Å². The molecule has 0 aliphatic rings. The summed E-state index contributed by atoms with van der Waals surface area (Å²) in [6, 6.07) is 10.9. The van der Waals surface area contributed by atoms with Crippen molar-refractivity contribution in [1.29, 1.82) is 0 Å². The van der Waals surface area contributed by atoms with E-state index in [-0.39, 0.29) is 34.8 Å². The molecule has 10 heteroatoms. The molecule has 0 aliphatic carbocycles. The number of hydrogen-bond donors (Lipinski definition) is 5. The molecule has 0 saturated carbocycles. The van der Waals surface area contributed by atoms with Gasteiger partial charge >= 0.3 is 0 Å².